The van der Waals surface area contributed by atoms with E-state index in [1.165, 1.54) is 4.90 Å². The molecule has 1 aliphatic heterocycles. The average molecular weight is 276 g/mol. The van der Waals surface area contributed by atoms with E-state index >= 15 is 0 Å². The van der Waals surface area contributed by atoms with Crippen LogP contribution in [0.3, 0.4) is 0 Å². The van der Waals surface area contributed by atoms with Gasteiger partial charge < -0.3 is 15.3 Å². The predicted molar refractivity (Wildman–Crippen MR) is 68.9 cm³/mol. The highest BCUT2D eigenvalue weighted by Gasteiger charge is 2.27. The van der Waals surface area contributed by atoms with E-state index in [-0.39, 0.29) is 12.6 Å². The van der Waals surface area contributed by atoms with E-state index in [0.717, 1.165) is 0 Å². The molecule has 0 spiro atoms. The number of carbonyl (C=O) groups excluding carboxylic acids is 1. The number of piperidine rings is 1. The van der Waals surface area contributed by atoms with Gasteiger partial charge >= 0.3 is 12.0 Å². The Labute approximate surface area is 109 Å². The molecule has 1 heterocycles. The molecule has 0 radical (unpaired) electrons. The molecule has 7 heteroatoms. The molecule has 0 bridgehead atoms. The number of carboxylic acids is 1. The van der Waals surface area contributed by atoms with Crippen molar-refractivity contribution in [2.75, 3.05) is 31.1 Å². The van der Waals surface area contributed by atoms with E-state index in [1.807, 2.05) is 6.92 Å². The summed E-state index contributed by atoms with van der Waals surface area (Å²) < 4.78 is 11.2. The van der Waals surface area contributed by atoms with Crippen molar-refractivity contribution in [3.8, 4) is 0 Å². The first kappa shape index (κ1) is 14.9. The van der Waals surface area contributed by atoms with E-state index < -0.39 is 22.7 Å². The van der Waals surface area contributed by atoms with E-state index in [0.29, 0.717) is 37.4 Å². The molecule has 0 saturated carbocycles. The minimum absolute atomic E-state index is 0.256. The largest absolute Gasteiger partial charge is 0.481 e. The first-order valence-corrected chi connectivity index (χ1v) is 7.64. The molecule has 0 aliphatic carbocycles. The van der Waals surface area contributed by atoms with E-state index in [9.17, 15) is 13.8 Å². The van der Waals surface area contributed by atoms with Crippen LogP contribution in [-0.2, 0) is 15.6 Å². The van der Waals surface area contributed by atoms with Gasteiger partial charge in [0.25, 0.3) is 0 Å². The van der Waals surface area contributed by atoms with Gasteiger partial charge in [0.05, 0.1) is 5.92 Å². The number of likely N-dealkylation sites (tertiary alicyclic amines) is 1. The summed E-state index contributed by atoms with van der Waals surface area (Å²) in [6, 6.07) is -0.256. The first-order valence-electron chi connectivity index (χ1n) is 6.15. The molecule has 2 N–H and O–H groups in total. The van der Waals surface area contributed by atoms with Crippen LogP contribution in [0.2, 0.25) is 0 Å². The van der Waals surface area contributed by atoms with Crippen LogP contribution >= 0.6 is 0 Å². The summed E-state index contributed by atoms with van der Waals surface area (Å²) >= 11 is 0. The molecular weight excluding hydrogens is 256 g/mol. The van der Waals surface area contributed by atoms with Crippen molar-refractivity contribution in [3.05, 3.63) is 0 Å². The first-order chi connectivity index (χ1) is 8.54. The van der Waals surface area contributed by atoms with Crippen molar-refractivity contribution >= 4 is 22.8 Å². The van der Waals surface area contributed by atoms with Gasteiger partial charge in [0.15, 0.2) is 0 Å². The number of hydrogen-bond donors (Lipinski definition) is 2. The van der Waals surface area contributed by atoms with Gasteiger partial charge in [-0.2, -0.15) is 0 Å². The standard InChI is InChI=1S/C11H20N2O4S/c1-2-18(17)7-5-12-11(16)13-6-3-4-9(8-13)10(14)15/h9H,2-8H2,1H3,(H,12,16)(H,14,15)/t9-,18?/m0/s1. The maximum atomic E-state index is 11.8. The molecule has 1 rings (SSSR count). The van der Waals surface area contributed by atoms with Gasteiger partial charge in [0, 0.05) is 41.9 Å². The number of aliphatic carboxylic acids is 1. The minimum atomic E-state index is -0.890. The Hall–Kier alpha value is -1.11. The molecule has 1 unspecified atom stereocenters. The summed E-state index contributed by atoms with van der Waals surface area (Å²) in [6.45, 7) is 3.05. The van der Waals surface area contributed by atoms with Gasteiger partial charge in [-0.3, -0.25) is 9.00 Å². The van der Waals surface area contributed by atoms with Crippen LogP contribution in [0, 0.1) is 5.92 Å². The highest BCUT2D eigenvalue weighted by atomic mass is 32.2. The molecule has 2 atom stereocenters. The Morgan fingerprint density at radius 1 is 1.50 bits per heavy atom. The number of carbonyl (C=O) groups is 2. The van der Waals surface area contributed by atoms with Crippen molar-refractivity contribution < 1.29 is 18.9 Å². The summed E-state index contributed by atoms with van der Waals surface area (Å²) in [7, 11) is -0.890. The molecule has 6 nitrogen and oxygen atoms in total. The van der Waals surface area contributed by atoms with Gasteiger partial charge in [-0.05, 0) is 12.8 Å². The second-order valence-corrected chi connectivity index (χ2v) is 6.15. The molecule has 1 saturated heterocycles. The molecule has 1 fully saturated rings. The second-order valence-electron chi connectivity index (χ2n) is 4.29. The number of urea groups is 1. The Morgan fingerprint density at radius 2 is 2.22 bits per heavy atom. The predicted octanol–water partition coefficient (Wildman–Crippen LogP) is 0.261. The number of rotatable bonds is 5. The van der Waals surface area contributed by atoms with Crippen molar-refractivity contribution in [2.24, 2.45) is 5.92 Å². The summed E-state index contributed by atoms with van der Waals surface area (Å²) in [5.41, 5.74) is 0. The summed E-state index contributed by atoms with van der Waals surface area (Å²) in [5, 5.41) is 11.6. The van der Waals surface area contributed by atoms with Crippen LogP contribution in [0.4, 0.5) is 4.79 Å². The fourth-order valence-electron chi connectivity index (χ4n) is 1.89. The number of nitrogens with zero attached hydrogens (tertiary/aromatic N) is 1. The minimum Gasteiger partial charge on any atom is -0.481 e. The fraction of sp³-hybridized carbons (Fsp3) is 0.818. The van der Waals surface area contributed by atoms with Gasteiger partial charge in [0.2, 0.25) is 0 Å². The zero-order chi connectivity index (χ0) is 13.5. The van der Waals surface area contributed by atoms with Crippen molar-refractivity contribution in [3.63, 3.8) is 0 Å². The fourth-order valence-corrected chi connectivity index (χ4v) is 2.51. The van der Waals surface area contributed by atoms with Gasteiger partial charge in [-0.1, -0.05) is 6.92 Å². The lowest BCUT2D eigenvalue weighted by Crippen LogP contribution is -2.47. The quantitative estimate of drug-likeness (QED) is 0.754. The monoisotopic (exact) mass is 276 g/mol. The lowest BCUT2D eigenvalue weighted by atomic mass is 9.99. The van der Waals surface area contributed by atoms with Gasteiger partial charge in [0.1, 0.15) is 0 Å². The third-order valence-corrected chi connectivity index (χ3v) is 4.29. The molecule has 0 aromatic rings. The molecule has 104 valence electrons. The Balaban J connectivity index is 2.32. The number of carboxylic acid groups (broad SMARTS) is 1. The smallest absolute Gasteiger partial charge is 0.317 e. The lowest BCUT2D eigenvalue weighted by Gasteiger charge is -2.30. The third-order valence-electron chi connectivity index (χ3n) is 2.99. The number of amides is 2. The van der Waals surface area contributed by atoms with Crippen molar-refractivity contribution in [1.82, 2.24) is 10.2 Å². The highest BCUT2D eigenvalue weighted by Crippen LogP contribution is 2.16. The Bertz CT molecular complexity index is 335. The Morgan fingerprint density at radius 3 is 2.83 bits per heavy atom. The highest BCUT2D eigenvalue weighted by molar-refractivity contribution is 7.84. The van der Waals surface area contributed by atoms with Gasteiger partial charge in [-0.25, -0.2) is 4.79 Å². The zero-order valence-electron chi connectivity index (χ0n) is 10.6. The molecule has 2 amide bonds. The maximum Gasteiger partial charge on any atom is 0.317 e. The van der Waals surface area contributed by atoms with Crippen molar-refractivity contribution in [1.29, 1.82) is 0 Å². The summed E-state index contributed by atoms with van der Waals surface area (Å²) in [6.07, 6.45) is 1.34. The molecule has 0 aromatic heterocycles. The Kier molecular flexibility index (Phi) is 6.11. The van der Waals surface area contributed by atoms with E-state index in [4.69, 9.17) is 5.11 Å². The molecule has 18 heavy (non-hydrogen) atoms. The second kappa shape index (κ2) is 7.35. The van der Waals surface area contributed by atoms with Crippen molar-refractivity contribution in [2.45, 2.75) is 19.8 Å². The molecular formula is C11H20N2O4S. The van der Waals surface area contributed by atoms with E-state index in [2.05, 4.69) is 5.32 Å². The van der Waals surface area contributed by atoms with E-state index in [1.54, 1.807) is 0 Å². The van der Waals surface area contributed by atoms with Crippen LogP contribution in [0.1, 0.15) is 19.8 Å². The zero-order valence-corrected chi connectivity index (χ0v) is 11.4. The maximum absolute atomic E-state index is 11.8. The van der Waals surface area contributed by atoms with Crippen LogP contribution in [0.5, 0.6) is 0 Å². The SMILES string of the molecule is CCS(=O)CCNC(=O)N1CCC[C@H](C(=O)O)C1. The third kappa shape index (κ3) is 4.64. The normalized spacial score (nSPS) is 21.4. The van der Waals surface area contributed by atoms with Crippen LogP contribution in [0.15, 0.2) is 0 Å². The van der Waals surface area contributed by atoms with Crippen LogP contribution in [-0.4, -0.2) is 57.4 Å². The average Bonchev–Trinajstić information content (AvgIpc) is 2.38. The summed E-state index contributed by atoms with van der Waals surface area (Å²) in [4.78, 5) is 24.2. The van der Waals surface area contributed by atoms with Crippen LogP contribution in [0.25, 0.3) is 0 Å². The lowest BCUT2D eigenvalue weighted by molar-refractivity contribution is -0.143. The van der Waals surface area contributed by atoms with Gasteiger partial charge in [-0.15, -0.1) is 0 Å². The molecule has 1 aliphatic rings. The number of hydrogen-bond acceptors (Lipinski definition) is 3. The number of nitrogens with one attached hydrogen (secondary N) is 1. The summed E-state index contributed by atoms with van der Waals surface area (Å²) in [5.74, 6) is -0.284. The molecule has 0 aromatic carbocycles. The van der Waals surface area contributed by atoms with Crippen LogP contribution < -0.4 is 5.32 Å². The topological polar surface area (TPSA) is 86.7 Å².